The van der Waals surface area contributed by atoms with Gasteiger partial charge in [0.05, 0.1) is 23.3 Å². The van der Waals surface area contributed by atoms with Gasteiger partial charge in [0.25, 0.3) is 5.56 Å². The summed E-state index contributed by atoms with van der Waals surface area (Å²) in [6, 6.07) is 13.8. The lowest BCUT2D eigenvalue weighted by Gasteiger charge is -2.22. The van der Waals surface area contributed by atoms with Crippen LogP contribution < -0.4 is 19.6 Å². The maximum Gasteiger partial charge on any atom is 0.338 e. The van der Waals surface area contributed by atoms with Crippen molar-refractivity contribution in [2.24, 2.45) is 4.99 Å². The van der Waals surface area contributed by atoms with Crippen LogP contribution in [0, 0.1) is 0 Å². The van der Waals surface area contributed by atoms with Crippen molar-refractivity contribution in [1.29, 1.82) is 0 Å². The molecular weight excluding hydrogens is 440 g/mol. The molecule has 0 fully saturated rings. The average molecular weight is 465 g/mol. The number of nitrogens with zero attached hydrogens (tertiary/aromatic N) is 2. The van der Waals surface area contributed by atoms with Crippen LogP contribution in [0.1, 0.15) is 37.9 Å². The lowest BCUT2D eigenvalue weighted by Crippen LogP contribution is -2.35. The molecule has 4 rings (SSSR count). The summed E-state index contributed by atoms with van der Waals surface area (Å²) < 4.78 is 12.7. The number of phenolic OH excluding ortho intramolecular Hbond substituents is 1. The van der Waals surface area contributed by atoms with Crippen molar-refractivity contribution in [3.05, 3.63) is 84.9 Å². The first kappa shape index (κ1) is 22.5. The van der Waals surface area contributed by atoms with Crippen molar-refractivity contribution in [2.75, 3.05) is 13.2 Å². The maximum absolute atomic E-state index is 13.3. The van der Waals surface area contributed by atoms with Crippen molar-refractivity contribution < 1.29 is 19.4 Å². The van der Waals surface area contributed by atoms with Crippen LogP contribution in [0.2, 0.25) is 0 Å². The Morgan fingerprint density at radius 1 is 1.18 bits per heavy atom. The van der Waals surface area contributed by atoms with Crippen molar-refractivity contribution in [3.63, 3.8) is 0 Å². The fourth-order valence-corrected chi connectivity index (χ4v) is 4.78. The molecule has 2 heterocycles. The Balaban J connectivity index is 1.91. The van der Waals surface area contributed by atoms with Gasteiger partial charge in [-0.3, -0.25) is 9.36 Å². The molecule has 1 N–H and O–H groups in total. The van der Waals surface area contributed by atoms with Gasteiger partial charge in [0, 0.05) is 5.70 Å². The molecule has 2 aromatic carbocycles. The molecule has 0 saturated heterocycles. The third-order valence-corrected chi connectivity index (χ3v) is 6.22. The average Bonchev–Trinajstić information content (AvgIpc) is 3.12. The van der Waals surface area contributed by atoms with E-state index < -0.39 is 12.0 Å². The van der Waals surface area contributed by atoms with Crippen LogP contribution >= 0.6 is 11.3 Å². The van der Waals surface area contributed by atoms with E-state index in [4.69, 9.17) is 14.5 Å². The lowest BCUT2D eigenvalue weighted by atomic mass is 9.97. The van der Waals surface area contributed by atoms with Crippen LogP contribution in [0.25, 0.3) is 11.8 Å². The van der Waals surface area contributed by atoms with E-state index in [9.17, 15) is 14.7 Å². The largest absolute Gasteiger partial charge is 0.504 e. The number of hydrogen-bond acceptors (Lipinski definition) is 7. The predicted octanol–water partition coefficient (Wildman–Crippen LogP) is 3.01. The van der Waals surface area contributed by atoms with Gasteiger partial charge in [-0.05, 0) is 50.1 Å². The molecule has 7 nitrogen and oxygen atoms in total. The van der Waals surface area contributed by atoms with Gasteiger partial charge < -0.3 is 14.6 Å². The number of benzene rings is 2. The van der Waals surface area contributed by atoms with Crippen LogP contribution in [0.4, 0.5) is 0 Å². The van der Waals surface area contributed by atoms with Gasteiger partial charge >= 0.3 is 5.97 Å². The number of aromatic hydroxyl groups is 1. The summed E-state index contributed by atoms with van der Waals surface area (Å²) in [6.45, 7) is 5.95. The SMILES string of the molecule is CCOC(=O)C1=C(C)n2c(s/c(=C\c3ccc(O)c(OCC)c3)c2=O)=N[C@H]1c1ccccc1. The van der Waals surface area contributed by atoms with Gasteiger partial charge in [-0.25, -0.2) is 9.79 Å². The number of carbonyl (C=O) groups is 1. The fourth-order valence-electron chi connectivity index (χ4n) is 3.74. The van der Waals surface area contributed by atoms with Gasteiger partial charge in [-0.15, -0.1) is 0 Å². The minimum atomic E-state index is -0.561. The van der Waals surface area contributed by atoms with Crippen LogP contribution in [0.5, 0.6) is 11.5 Å². The minimum absolute atomic E-state index is 0.0368. The van der Waals surface area contributed by atoms with Gasteiger partial charge in [0.1, 0.15) is 6.04 Å². The highest BCUT2D eigenvalue weighted by atomic mass is 32.1. The number of fused-ring (bicyclic) bond motifs is 1. The number of aromatic nitrogens is 1. The standard InChI is InChI=1S/C25H24N2O5S/c1-4-31-19-13-16(11-12-18(19)28)14-20-23(29)27-15(3)21(24(30)32-5-2)22(26-25(27)33-20)17-9-7-6-8-10-17/h6-14,22,28H,4-5H2,1-3H3/b20-14-/t22-/m0/s1. The molecule has 33 heavy (non-hydrogen) atoms. The molecule has 0 radical (unpaired) electrons. The molecule has 1 aliphatic heterocycles. The zero-order valence-corrected chi connectivity index (χ0v) is 19.4. The second-order valence-electron chi connectivity index (χ2n) is 7.36. The van der Waals surface area contributed by atoms with E-state index >= 15 is 0 Å². The highest BCUT2D eigenvalue weighted by Gasteiger charge is 2.31. The summed E-state index contributed by atoms with van der Waals surface area (Å²) >= 11 is 1.25. The predicted molar refractivity (Wildman–Crippen MR) is 127 cm³/mol. The Kier molecular flexibility index (Phi) is 6.46. The first-order chi connectivity index (χ1) is 15.9. The van der Waals surface area contributed by atoms with E-state index in [1.54, 1.807) is 32.1 Å². The highest BCUT2D eigenvalue weighted by Crippen LogP contribution is 2.32. The normalized spacial score (nSPS) is 15.7. The van der Waals surface area contributed by atoms with E-state index in [0.717, 1.165) is 5.56 Å². The van der Waals surface area contributed by atoms with E-state index in [0.29, 0.717) is 38.5 Å². The third kappa shape index (κ3) is 4.34. The number of allylic oxidation sites excluding steroid dienone is 1. The number of thiazole rings is 1. The molecule has 0 bridgehead atoms. The van der Waals surface area contributed by atoms with E-state index in [1.807, 2.05) is 37.3 Å². The van der Waals surface area contributed by atoms with Crippen molar-refractivity contribution in [2.45, 2.75) is 26.8 Å². The van der Waals surface area contributed by atoms with Crippen LogP contribution in [-0.2, 0) is 9.53 Å². The Morgan fingerprint density at radius 3 is 2.64 bits per heavy atom. The first-order valence-electron chi connectivity index (χ1n) is 10.6. The molecule has 0 unspecified atom stereocenters. The van der Waals surface area contributed by atoms with Crippen LogP contribution in [-0.4, -0.2) is 28.9 Å². The Bertz CT molecular complexity index is 1400. The quantitative estimate of drug-likeness (QED) is 0.567. The molecular formula is C25H24N2O5S. The van der Waals surface area contributed by atoms with Crippen LogP contribution in [0.15, 0.2) is 63.9 Å². The molecule has 170 valence electrons. The van der Waals surface area contributed by atoms with Crippen molar-refractivity contribution >= 4 is 29.1 Å². The summed E-state index contributed by atoms with van der Waals surface area (Å²) in [5.74, 6) is -0.0984. The molecule has 3 aromatic rings. The Labute approximate surface area is 194 Å². The fraction of sp³-hybridized carbons (Fsp3) is 0.240. The number of esters is 1. The second-order valence-corrected chi connectivity index (χ2v) is 8.36. The molecule has 0 amide bonds. The number of rotatable bonds is 6. The summed E-state index contributed by atoms with van der Waals surface area (Å²) in [6.07, 6.45) is 1.73. The Morgan fingerprint density at radius 2 is 1.94 bits per heavy atom. The molecule has 1 atom stereocenters. The maximum atomic E-state index is 13.3. The van der Waals surface area contributed by atoms with E-state index in [1.165, 1.54) is 22.0 Å². The first-order valence-corrected chi connectivity index (χ1v) is 11.5. The molecule has 1 aromatic heterocycles. The summed E-state index contributed by atoms with van der Waals surface area (Å²) in [5, 5.41) is 9.95. The lowest BCUT2D eigenvalue weighted by molar-refractivity contribution is -0.138. The van der Waals surface area contributed by atoms with Gasteiger partial charge in [0.2, 0.25) is 0 Å². The van der Waals surface area contributed by atoms with Crippen molar-refractivity contribution in [1.82, 2.24) is 4.57 Å². The minimum Gasteiger partial charge on any atom is -0.504 e. The molecule has 0 spiro atoms. The third-order valence-electron chi connectivity index (χ3n) is 5.24. The number of carbonyl (C=O) groups excluding carboxylic acids is 1. The monoisotopic (exact) mass is 464 g/mol. The number of phenols is 1. The molecule has 8 heteroatoms. The van der Waals surface area contributed by atoms with Gasteiger partial charge in [-0.2, -0.15) is 0 Å². The zero-order valence-electron chi connectivity index (χ0n) is 18.6. The highest BCUT2D eigenvalue weighted by molar-refractivity contribution is 7.07. The summed E-state index contributed by atoms with van der Waals surface area (Å²) in [7, 11) is 0. The van der Waals surface area contributed by atoms with E-state index in [-0.39, 0.29) is 17.9 Å². The molecule has 1 aliphatic rings. The topological polar surface area (TPSA) is 90.1 Å². The van der Waals surface area contributed by atoms with Gasteiger partial charge in [0.15, 0.2) is 16.3 Å². The number of ether oxygens (including phenoxy) is 2. The molecule has 0 saturated carbocycles. The van der Waals surface area contributed by atoms with E-state index in [2.05, 4.69) is 0 Å². The zero-order chi connectivity index (χ0) is 23.5. The van der Waals surface area contributed by atoms with Gasteiger partial charge in [-0.1, -0.05) is 47.7 Å². The Hall–Kier alpha value is -3.65. The van der Waals surface area contributed by atoms with Crippen molar-refractivity contribution in [3.8, 4) is 11.5 Å². The molecule has 0 aliphatic carbocycles. The summed E-state index contributed by atoms with van der Waals surface area (Å²) in [4.78, 5) is 31.4. The second kappa shape index (κ2) is 9.46. The van der Waals surface area contributed by atoms with Crippen LogP contribution in [0.3, 0.4) is 0 Å². The number of hydrogen-bond donors (Lipinski definition) is 1. The summed E-state index contributed by atoms with van der Waals surface area (Å²) in [5.41, 5.74) is 2.15. The smallest absolute Gasteiger partial charge is 0.338 e.